The van der Waals surface area contributed by atoms with Gasteiger partial charge in [0.25, 0.3) is 0 Å². The van der Waals surface area contributed by atoms with E-state index in [1.807, 2.05) is 25.1 Å². The summed E-state index contributed by atoms with van der Waals surface area (Å²) in [7, 11) is 0. The zero-order valence-corrected chi connectivity index (χ0v) is 16.4. The molecule has 0 saturated carbocycles. The largest absolute Gasteiger partial charge is 0.403 e. The number of alkyl halides is 3. The minimum Gasteiger partial charge on any atom is -0.396 e. The maximum atomic E-state index is 12.6. The van der Waals surface area contributed by atoms with Crippen LogP contribution in [0.1, 0.15) is 37.9 Å². The van der Waals surface area contributed by atoms with Crippen molar-refractivity contribution < 1.29 is 13.2 Å². The Hall–Kier alpha value is -2.54. The van der Waals surface area contributed by atoms with Gasteiger partial charge in [-0.2, -0.15) is 13.2 Å². The fraction of sp³-hybridized carbons (Fsp3) is 0.381. The van der Waals surface area contributed by atoms with Crippen molar-refractivity contribution in [2.75, 3.05) is 5.73 Å². The van der Waals surface area contributed by atoms with E-state index < -0.39 is 12.2 Å². The molecule has 0 bridgehead atoms. The number of halogens is 3. The Balaban J connectivity index is 1.95. The molecule has 7 heteroatoms. The summed E-state index contributed by atoms with van der Waals surface area (Å²) in [6, 6.07) is 8.33. The van der Waals surface area contributed by atoms with Crippen molar-refractivity contribution >= 4 is 16.6 Å². The zero-order valence-electron chi connectivity index (χ0n) is 16.4. The van der Waals surface area contributed by atoms with Gasteiger partial charge in [0.1, 0.15) is 6.04 Å². The van der Waals surface area contributed by atoms with Crippen molar-refractivity contribution in [3.8, 4) is 11.4 Å². The van der Waals surface area contributed by atoms with Crippen LogP contribution in [0.3, 0.4) is 0 Å². The molecular formula is C21H25F3N4. The molecule has 150 valence electrons. The lowest BCUT2D eigenvalue weighted by molar-refractivity contribution is -0.151. The number of aryl methyl sites for hydroxylation is 1. The number of nitrogens with zero attached hydrogens (tertiary/aromatic N) is 2. The molecule has 0 spiro atoms. The first kappa shape index (κ1) is 20.2. The number of nitrogen functional groups attached to an aromatic ring is 1. The SMILES string of the molecule is Cc1ccc2c(N)c(-c3ccc(CNC(C)C(F)(F)F)cn3)n(C(C)C)c2c1. The van der Waals surface area contributed by atoms with Gasteiger partial charge in [-0.05, 0) is 51.0 Å². The van der Waals surface area contributed by atoms with Gasteiger partial charge in [-0.25, -0.2) is 0 Å². The number of anilines is 1. The van der Waals surface area contributed by atoms with E-state index in [2.05, 4.69) is 34.8 Å². The van der Waals surface area contributed by atoms with Gasteiger partial charge in [0.2, 0.25) is 0 Å². The number of benzene rings is 1. The summed E-state index contributed by atoms with van der Waals surface area (Å²) in [4.78, 5) is 4.49. The molecular weight excluding hydrogens is 365 g/mol. The zero-order chi connectivity index (χ0) is 20.6. The van der Waals surface area contributed by atoms with Crippen molar-refractivity contribution in [3.63, 3.8) is 0 Å². The molecule has 4 nitrogen and oxygen atoms in total. The van der Waals surface area contributed by atoms with Crippen molar-refractivity contribution in [1.29, 1.82) is 0 Å². The second-order valence-electron chi connectivity index (χ2n) is 7.44. The van der Waals surface area contributed by atoms with E-state index in [9.17, 15) is 13.2 Å². The summed E-state index contributed by atoms with van der Waals surface area (Å²) in [6.45, 7) is 7.40. The number of nitrogens with one attached hydrogen (secondary N) is 1. The van der Waals surface area contributed by atoms with Gasteiger partial charge < -0.3 is 15.6 Å². The van der Waals surface area contributed by atoms with Crippen molar-refractivity contribution in [2.24, 2.45) is 0 Å². The number of aromatic nitrogens is 2. The van der Waals surface area contributed by atoms with Crippen molar-refractivity contribution in [1.82, 2.24) is 14.9 Å². The van der Waals surface area contributed by atoms with Gasteiger partial charge in [0.05, 0.1) is 22.6 Å². The summed E-state index contributed by atoms with van der Waals surface area (Å²) < 4.78 is 40.1. The van der Waals surface area contributed by atoms with Crippen LogP contribution < -0.4 is 11.1 Å². The van der Waals surface area contributed by atoms with E-state index in [0.717, 1.165) is 29.1 Å². The first-order valence-corrected chi connectivity index (χ1v) is 9.25. The minimum absolute atomic E-state index is 0.0931. The van der Waals surface area contributed by atoms with E-state index in [4.69, 9.17) is 5.73 Å². The predicted octanol–water partition coefficient (Wildman–Crippen LogP) is 5.22. The highest BCUT2D eigenvalue weighted by Gasteiger charge is 2.35. The third-order valence-corrected chi connectivity index (χ3v) is 4.89. The molecule has 0 radical (unpaired) electrons. The molecule has 3 N–H and O–H groups in total. The molecule has 2 heterocycles. The highest BCUT2D eigenvalue weighted by molar-refractivity contribution is 6.00. The quantitative estimate of drug-likeness (QED) is 0.628. The van der Waals surface area contributed by atoms with Crippen LogP contribution in [0.25, 0.3) is 22.3 Å². The summed E-state index contributed by atoms with van der Waals surface area (Å²) in [5, 5.41) is 3.44. The molecule has 2 aromatic heterocycles. The summed E-state index contributed by atoms with van der Waals surface area (Å²) >= 11 is 0. The normalized spacial score (nSPS) is 13.4. The molecule has 1 aromatic carbocycles. The molecule has 0 aliphatic heterocycles. The molecule has 3 rings (SSSR count). The summed E-state index contributed by atoms with van der Waals surface area (Å²) in [5.74, 6) is 0. The number of rotatable bonds is 5. The molecule has 1 atom stereocenters. The Kier molecular flexibility index (Phi) is 5.39. The van der Waals surface area contributed by atoms with E-state index in [-0.39, 0.29) is 12.6 Å². The number of pyridine rings is 1. The van der Waals surface area contributed by atoms with Crippen molar-refractivity contribution in [2.45, 2.75) is 52.5 Å². The molecule has 0 saturated heterocycles. The first-order valence-electron chi connectivity index (χ1n) is 9.25. The van der Waals surface area contributed by atoms with Crippen LogP contribution in [0.2, 0.25) is 0 Å². The molecule has 0 amide bonds. The molecule has 0 aliphatic carbocycles. The van der Waals surface area contributed by atoms with E-state index >= 15 is 0 Å². The van der Waals surface area contributed by atoms with E-state index in [1.165, 1.54) is 0 Å². The highest BCUT2D eigenvalue weighted by Crippen LogP contribution is 2.38. The minimum atomic E-state index is -4.27. The van der Waals surface area contributed by atoms with Crippen LogP contribution in [0, 0.1) is 6.92 Å². The molecule has 0 aliphatic rings. The van der Waals surface area contributed by atoms with Crippen LogP contribution in [0.4, 0.5) is 18.9 Å². The average molecular weight is 390 g/mol. The van der Waals surface area contributed by atoms with Gasteiger partial charge in [-0.15, -0.1) is 0 Å². The maximum absolute atomic E-state index is 12.6. The summed E-state index contributed by atoms with van der Waals surface area (Å²) in [6.07, 6.45) is -2.67. The Morgan fingerprint density at radius 1 is 1.14 bits per heavy atom. The lowest BCUT2D eigenvalue weighted by atomic mass is 10.1. The van der Waals surface area contributed by atoms with Crippen LogP contribution in [-0.2, 0) is 6.54 Å². The Bertz CT molecular complexity index is 972. The fourth-order valence-electron chi connectivity index (χ4n) is 3.30. The monoisotopic (exact) mass is 390 g/mol. The third kappa shape index (κ3) is 3.85. The van der Waals surface area contributed by atoms with E-state index in [1.54, 1.807) is 12.3 Å². The fourth-order valence-corrected chi connectivity index (χ4v) is 3.30. The van der Waals surface area contributed by atoms with Gasteiger partial charge in [0.15, 0.2) is 0 Å². The average Bonchev–Trinajstić information content (AvgIpc) is 2.91. The lowest BCUT2D eigenvalue weighted by Gasteiger charge is -2.17. The van der Waals surface area contributed by atoms with Gasteiger partial charge >= 0.3 is 6.18 Å². The second-order valence-corrected chi connectivity index (χ2v) is 7.44. The molecule has 1 unspecified atom stereocenters. The third-order valence-electron chi connectivity index (χ3n) is 4.89. The van der Waals surface area contributed by atoms with Crippen LogP contribution >= 0.6 is 0 Å². The van der Waals surface area contributed by atoms with Crippen LogP contribution in [0.15, 0.2) is 36.5 Å². The first-order chi connectivity index (χ1) is 13.1. The number of hydrogen-bond acceptors (Lipinski definition) is 3. The van der Waals surface area contributed by atoms with Gasteiger partial charge in [-0.3, -0.25) is 4.98 Å². The van der Waals surface area contributed by atoms with Gasteiger partial charge in [0, 0.05) is 24.2 Å². The number of fused-ring (bicyclic) bond motifs is 1. The summed E-state index contributed by atoms with van der Waals surface area (Å²) in [5.41, 5.74) is 11.5. The van der Waals surface area contributed by atoms with Gasteiger partial charge in [-0.1, -0.05) is 18.2 Å². The Morgan fingerprint density at radius 3 is 2.43 bits per heavy atom. The van der Waals surface area contributed by atoms with E-state index in [0.29, 0.717) is 16.9 Å². The smallest absolute Gasteiger partial charge is 0.396 e. The molecule has 0 fully saturated rings. The standard InChI is InChI=1S/C21H25F3N4/c1-12(2)28-18-9-13(3)5-7-16(18)19(25)20(28)17-8-6-15(11-27-17)10-26-14(4)21(22,23)24/h5-9,11-12,14,26H,10,25H2,1-4H3. The predicted molar refractivity (Wildman–Crippen MR) is 107 cm³/mol. The highest BCUT2D eigenvalue weighted by atomic mass is 19.4. The number of hydrogen-bond donors (Lipinski definition) is 2. The topological polar surface area (TPSA) is 55.9 Å². The maximum Gasteiger partial charge on any atom is 0.403 e. The molecule has 28 heavy (non-hydrogen) atoms. The Morgan fingerprint density at radius 2 is 1.86 bits per heavy atom. The van der Waals surface area contributed by atoms with Crippen molar-refractivity contribution in [3.05, 3.63) is 47.7 Å². The van der Waals surface area contributed by atoms with Crippen LogP contribution in [-0.4, -0.2) is 21.8 Å². The Labute approximate surface area is 162 Å². The second kappa shape index (κ2) is 7.47. The molecule has 3 aromatic rings. The lowest BCUT2D eigenvalue weighted by Crippen LogP contribution is -2.39. The number of nitrogens with two attached hydrogens (primary N) is 1. The van der Waals surface area contributed by atoms with Crippen LogP contribution in [0.5, 0.6) is 0 Å².